The number of aliphatic hydroxyl groups excluding tert-OH is 1. The molecule has 0 saturated carbocycles. The number of nitrogens with one attached hydrogen (secondary N) is 1. The normalized spacial score (nSPS) is 11.8. The van der Waals surface area contributed by atoms with Gasteiger partial charge in [-0.3, -0.25) is 4.79 Å². The van der Waals surface area contributed by atoms with E-state index < -0.39 is 0 Å². The van der Waals surface area contributed by atoms with E-state index in [0.717, 1.165) is 11.3 Å². The van der Waals surface area contributed by atoms with E-state index in [0.29, 0.717) is 13.0 Å². The molecule has 0 saturated heterocycles. The van der Waals surface area contributed by atoms with Gasteiger partial charge in [-0.05, 0) is 24.0 Å². The van der Waals surface area contributed by atoms with Gasteiger partial charge in [0.2, 0.25) is 5.91 Å². The fourth-order valence-corrected chi connectivity index (χ4v) is 2.03. The van der Waals surface area contributed by atoms with Gasteiger partial charge >= 0.3 is 0 Å². The predicted molar refractivity (Wildman–Crippen MR) is 77.4 cm³/mol. The number of carbonyl (C=O) groups excluding carboxylic acids is 1. The Morgan fingerprint density at radius 2 is 2.25 bits per heavy atom. The van der Waals surface area contributed by atoms with Gasteiger partial charge in [0, 0.05) is 25.5 Å². The van der Waals surface area contributed by atoms with Gasteiger partial charge in [0.25, 0.3) is 0 Å². The van der Waals surface area contributed by atoms with Gasteiger partial charge in [-0.25, -0.2) is 4.98 Å². The Bertz CT molecular complexity index is 557. The summed E-state index contributed by atoms with van der Waals surface area (Å²) in [5.74, 6) is -0.0422. The van der Waals surface area contributed by atoms with Gasteiger partial charge in [0.15, 0.2) is 0 Å². The molecule has 5 nitrogen and oxygen atoms in total. The van der Waals surface area contributed by atoms with Crippen molar-refractivity contribution in [3.05, 3.63) is 36.3 Å². The summed E-state index contributed by atoms with van der Waals surface area (Å²) >= 11 is 0. The second-order valence-electron chi connectivity index (χ2n) is 5.79. The van der Waals surface area contributed by atoms with Crippen molar-refractivity contribution in [2.45, 2.75) is 26.7 Å². The number of hydrogen-bond acceptors (Lipinski definition) is 3. The molecule has 2 rings (SSSR count). The Morgan fingerprint density at radius 3 is 2.95 bits per heavy atom. The van der Waals surface area contributed by atoms with Crippen molar-refractivity contribution in [2.75, 3.05) is 13.2 Å². The first-order chi connectivity index (χ1) is 9.50. The molecule has 0 aliphatic rings. The van der Waals surface area contributed by atoms with E-state index in [1.165, 1.54) is 0 Å². The minimum atomic E-state index is -0.0939. The highest BCUT2D eigenvalue weighted by Gasteiger charge is 2.18. The maximum absolute atomic E-state index is 11.9. The Labute approximate surface area is 118 Å². The van der Waals surface area contributed by atoms with Crippen LogP contribution in [-0.2, 0) is 11.2 Å². The molecule has 2 heterocycles. The van der Waals surface area contributed by atoms with Crippen LogP contribution in [0.2, 0.25) is 0 Å². The van der Waals surface area contributed by atoms with Crippen LogP contribution >= 0.6 is 0 Å². The predicted octanol–water partition coefficient (Wildman–Crippen LogP) is 1.40. The lowest BCUT2D eigenvalue weighted by molar-refractivity contribution is -0.121. The first-order valence-corrected chi connectivity index (χ1v) is 6.80. The van der Waals surface area contributed by atoms with Gasteiger partial charge in [-0.1, -0.05) is 19.9 Å². The number of pyridine rings is 1. The van der Waals surface area contributed by atoms with Crippen molar-refractivity contribution in [1.82, 2.24) is 14.7 Å². The van der Waals surface area contributed by atoms with Crippen molar-refractivity contribution in [3.63, 3.8) is 0 Å². The molecule has 0 aliphatic heterocycles. The van der Waals surface area contributed by atoms with Gasteiger partial charge < -0.3 is 14.8 Å². The summed E-state index contributed by atoms with van der Waals surface area (Å²) in [5, 5.41) is 11.9. The topological polar surface area (TPSA) is 66.6 Å². The van der Waals surface area contributed by atoms with Crippen molar-refractivity contribution >= 4 is 11.6 Å². The molecule has 0 radical (unpaired) electrons. The van der Waals surface area contributed by atoms with Gasteiger partial charge in [0.1, 0.15) is 5.65 Å². The molecule has 1 amide bonds. The number of aliphatic hydroxyl groups is 1. The zero-order valence-electron chi connectivity index (χ0n) is 12.0. The van der Waals surface area contributed by atoms with Crippen LogP contribution in [0.25, 0.3) is 5.65 Å². The highest BCUT2D eigenvalue weighted by atomic mass is 16.3. The largest absolute Gasteiger partial charge is 0.396 e. The van der Waals surface area contributed by atoms with Crippen LogP contribution in [0.5, 0.6) is 0 Å². The van der Waals surface area contributed by atoms with Crippen molar-refractivity contribution < 1.29 is 9.90 Å². The van der Waals surface area contributed by atoms with E-state index in [1.54, 1.807) is 0 Å². The molecule has 20 heavy (non-hydrogen) atoms. The third-order valence-corrected chi connectivity index (χ3v) is 3.31. The minimum absolute atomic E-state index is 0.0422. The lowest BCUT2D eigenvalue weighted by atomic mass is 9.90. The summed E-state index contributed by atoms with van der Waals surface area (Å²) in [4.78, 5) is 16.3. The Hall–Kier alpha value is -1.88. The molecule has 0 unspecified atom stereocenters. The van der Waals surface area contributed by atoms with Gasteiger partial charge in [0.05, 0.1) is 12.1 Å². The summed E-state index contributed by atoms with van der Waals surface area (Å²) in [6, 6.07) is 5.76. The summed E-state index contributed by atoms with van der Waals surface area (Å²) in [5.41, 5.74) is 1.51. The van der Waals surface area contributed by atoms with Crippen LogP contribution < -0.4 is 5.32 Å². The molecular formula is C15H21N3O2. The van der Waals surface area contributed by atoms with Crippen LogP contribution in [0.3, 0.4) is 0 Å². The summed E-state index contributed by atoms with van der Waals surface area (Å²) < 4.78 is 1.90. The average molecular weight is 275 g/mol. The smallest absolute Gasteiger partial charge is 0.226 e. The zero-order chi connectivity index (χ0) is 14.6. The van der Waals surface area contributed by atoms with Crippen molar-refractivity contribution in [2.24, 2.45) is 5.41 Å². The quantitative estimate of drug-likeness (QED) is 0.837. The number of fused-ring (bicyclic) bond motifs is 1. The molecule has 2 aromatic rings. The minimum Gasteiger partial charge on any atom is -0.396 e. The standard InChI is InChI=1S/C15H21N3O2/c1-15(2,6-8-19)11-16-14(20)9-12-10-18-7-4-3-5-13(18)17-12/h3-5,7,10,19H,6,8-9,11H2,1-2H3,(H,16,20). The van der Waals surface area contributed by atoms with Crippen LogP contribution in [-0.4, -0.2) is 33.6 Å². The second kappa shape index (κ2) is 6.05. The lowest BCUT2D eigenvalue weighted by Gasteiger charge is -2.23. The molecule has 0 spiro atoms. The molecule has 0 aliphatic carbocycles. The molecular weight excluding hydrogens is 254 g/mol. The highest BCUT2D eigenvalue weighted by Crippen LogP contribution is 2.17. The second-order valence-corrected chi connectivity index (χ2v) is 5.79. The fraction of sp³-hybridized carbons (Fsp3) is 0.467. The monoisotopic (exact) mass is 275 g/mol. The Kier molecular flexibility index (Phi) is 4.39. The molecule has 0 fully saturated rings. The van der Waals surface area contributed by atoms with Crippen LogP contribution in [0.1, 0.15) is 26.0 Å². The molecule has 0 bridgehead atoms. The fourth-order valence-electron chi connectivity index (χ4n) is 2.03. The van der Waals surface area contributed by atoms with Crippen LogP contribution in [0, 0.1) is 5.41 Å². The molecule has 0 aromatic carbocycles. The molecule has 108 valence electrons. The molecule has 5 heteroatoms. The molecule has 2 N–H and O–H groups in total. The SMILES string of the molecule is CC(C)(CCO)CNC(=O)Cc1cn2ccccc2n1. The molecule has 0 atom stereocenters. The van der Waals surface area contributed by atoms with Crippen LogP contribution in [0.15, 0.2) is 30.6 Å². The third-order valence-electron chi connectivity index (χ3n) is 3.31. The maximum Gasteiger partial charge on any atom is 0.226 e. The molecule has 2 aromatic heterocycles. The Morgan fingerprint density at radius 1 is 1.45 bits per heavy atom. The first kappa shape index (κ1) is 14.5. The number of imidazole rings is 1. The lowest BCUT2D eigenvalue weighted by Crippen LogP contribution is -2.35. The van der Waals surface area contributed by atoms with E-state index in [2.05, 4.69) is 10.3 Å². The van der Waals surface area contributed by atoms with Crippen molar-refractivity contribution in [1.29, 1.82) is 0 Å². The number of rotatable bonds is 6. The van der Waals surface area contributed by atoms with Gasteiger partial charge in [-0.15, -0.1) is 0 Å². The van der Waals surface area contributed by atoms with E-state index in [-0.39, 0.29) is 24.3 Å². The van der Waals surface area contributed by atoms with E-state index >= 15 is 0 Å². The zero-order valence-corrected chi connectivity index (χ0v) is 12.0. The summed E-state index contributed by atoms with van der Waals surface area (Å²) in [6.45, 7) is 4.73. The first-order valence-electron chi connectivity index (χ1n) is 6.80. The number of carbonyl (C=O) groups is 1. The highest BCUT2D eigenvalue weighted by molar-refractivity contribution is 5.78. The van der Waals surface area contributed by atoms with Crippen molar-refractivity contribution in [3.8, 4) is 0 Å². The van der Waals surface area contributed by atoms with Gasteiger partial charge in [-0.2, -0.15) is 0 Å². The van der Waals surface area contributed by atoms with Crippen LogP contribution in [0.4, 0.5) is 0 Å². The Balaban J connectivity index is 1.91. The van der Waals surface area contributed by atoms with E-state index in [4.69, 9.17) is 5.11 Å². The maximum atomic E-state index is 11.9. The third kappa shape index (κ3) is 3.81. The number of hydrogen-bond donors (Lipinski definition) is 2. The summed E-state index contributed by atoms with van der Waals surface area (Å²) in [7, 11) is 0. The number of nitrogens with zero attached hydrogens (tertiary/aromatic N) is 2. The number of aromatic nitrogens is 2. The number of amides is 1. The average Bonchev–Trinajstić information content (AvgIpc) is 2.78. The van der Waals surface area contributed by atoms with E-state index in [1.807, 2.05) is 48.8 Å². The van der Waals surface area contributed by atoms with E-state index in [9.17, 15) is 4.79 Å². The summed E-state index contributed by atoms with van der Waals surface area (Å²) in [6.07, 6.45) is 4.72.